The third-order valence-electron chi connectivity index (χ3n) is 3.16. The molecule has 0 aliphatic carbocycles. The van der Waals surface area contributed by atoms with Crippen LogP contribution in [-0.4, -0.2) is 7.11 Å². The molecule has 2 atom stereocenters. The minimum absolute atomic E-state index is 0.368. The van der Waals surface area contributed by atoms with Crippen molar-refractivity contribution in [2.24, 2.45) is 5.84 Å². The number of methoxy groups -OCH3 is 1. The maximum Gasteiger partial charge on any atom is 0.123 e. The first-order valence-electron chi connectivity index (χ1n) is 6.16. The molecule has 3 N–H and O–H groups in total. The minimum atomic E-state index is -0.453. The van der Waals surface area contributed by atoms with E-state index in [1.807, 2.05) is 30.3 Å². The summed E-state index contributed by atoms with van der Waals surface area (Å²) < 4.78 is 19.0. The van der Waals surface area contributed by atoms with Crippen molar-refractivity contribution in [2.45, 2.75) is 12.1 Å². The summed E-state index contributed by atoms with van der Waals surface area (Å²) >= 11 is 6.14. The summed E-state index contributed by atoms with van der Waals surface area (Å²) in [5.74, 6) is 5.26. The van der Waals surface area contributed by atoms with E-state index in [0.29, 0.717) is 10.6 Å². The molecular formula is C15H16ClFN2O. The van der Waals surface area contributed by atoms with E-state index in [9.17, 15) is 4.39 Å². The summed E-state index contributed by atoms with van der Waals surface area (Å²) in [6.07, 6.45) is -0.375. The van der Waals surface area contributed by atoms with Gasteiger partial charge in [0.2, 0.25) is 0 Å². The lowest BCUT2D eigenvalue weighted by molar-refractivity contribution is 0.0675. The van der Waals surface area contributed by atoms with Crippen molar-refractivity contribution in [1.82, 2.24) is 5.43 Å². The predicted molar refractivity (Wildman–Crippen MR) is 77.7 cm³/mol. The summed E-state index contributed by atoms with van der Waals surface area (Å²) in [6, 6.07) is 13.3. The molecule has 0 heterocycles. The van der Waals surface area contributed by atoms with Gasteiger partial charge in [0.1, 0.15) is 11.9 Å². The smallest absolute Gasteiger partial charge is 0.123 e. The van der Waals surface area contributed by atoms with E-state index in [-0.39, 0.29) is 11.9 Å². The maximum atomic E-state index is 13.4. The van der Waals surface area contributed by atoms with Gasteiger partial charge >= 0.3 is 0 Å². The average molecular weight is 295 g/mol. The van der Waals surface area contributed by atoms with Gasteiger partial charge in [-0.3, -0.25) is 5.84 Å². The molecule has 2 rings (SSSR count). The highest BCUT2D eigenvalue weighted by atomic mass is 35.5. The van der Waals surface area contributed by atoms with Crippen LogP contribution in [0.1, 0.15) is 23.3 Å². The maximum absolute atomic E-state index is 13.4. The molecule has 5 heteroatoms. The zero-order chi connectivity index (χ0) is 14.5. The van der Waals surface area contributed by atoms with E-state index in [1.54, 1.807) is 7.11 Å². The van der Waals surface area contributed by atoms with Gasteiger partial charge in [0.25, 0.3) is 0 Å². The standard InChI is InChI=1S/C15H16ClFN2O/c1-20-15(10-5-3-2-4-6-10)14(19-18)12-9-11(17)7-8-13(12)16/h2-9,14-15,19H,18H2,1H3. The molecule has 0 aromatic heterocycles. The summed E-state index contributed by atoms with van der Waals surface area (Å²) in [6.45, 7) is 0. The zero-order valence-electron chi connectivity index (χ0n) is 11.0. The van der Waals surface area contributed by atoms with Crippen molar-refractivity contribution < 1.29 is 9.13 Å². The van der Waals surface area contributed by atoms with Gasteiger partial charge in [-0.1, -0.05) is 41.9 Å². The normalized spacial score (nSPS) is 14.0. The third kappa shape index (κ3) is 3.16. The molecule has 0 saturated heterocycles. The monoisotopic (exact) mass is 294 g/mol. The second kappa shape index (κ2) is 6.81. The average Bonchev–Trinajstić information content (AvgIpc) is 2.48. The van der Waals surface area contributed by atoms with Crippen LogP contribution >= 0.6 is 11.6 Å². The van der Waals surface area contributed by atoms with Crippen LogP contribution in [0, 0.1) is 5.82 Å². The molecule has 0 amide bonds. The Morgan fingerprint density at radius 2 is 1.90 bits per heavy atom. The van der Waals surface area contributed by atoms with Crippen LogP contribution in [0.15, 0.2) is 48.5 Å². The highest BCUT2D eigenvalue weighted by molar-refractivity contribution is 6.31. The molecule has 0 saturated carbocycles. The minimum Gasteiger partial charge on any atom is -0.375 e. The molecule has 2 aromatic carbocycles. The topological polar surface area (TPSA) is 47.3 Å². The molecule has 0 aliphatic heterocycles. The Balaban J connectivity index is 2.42. The molecule has 0 bridgehead atoms. The van der Waals surface area contributed by atoms with E-state index in [0.717, 1.165) is 5.56 Å². The molecule has 20 heavy (non-hydrogen) atoms. The lowest BCUT2D eigenvalue weighted by atomic mass is 9.96. The number of rotatable bonds is 5. The first-order valence-corrected chi connectivity index (χ1v) is 6.54. The van der Waals surface area contributed by atoms with Crippen molar-refractivity contribution in [2.75, 3.05) is 7.11 Å². The Morgan fingerprint density at radius 3 is 2.50 bits per heavy atom. The molecule has 2 unspecified atom stereocenters. The molecule has 0 fully saturated rings. The van der Waals surface area contributed by atoms with Gasteiger partial charge in [0.15, 0.2) is 0 Å². The second-order valence-corrected chi connectivity index (χ2v) is 4.78. The largest absolute Gasteiger partial charge is 0.375 e. The Labute approximate surface area is 122 Å². The number of halogens is 2. The number of nitrogens with one attached hydrogen (secondary N) is 1. The summed E-state index contributed by atoms with van der Waals surface area (Å²) in [4.78, 5) is 0. The quantitative estimate of drug-likeness (QED) is 0.656. The molecule has 3 nitrogen and oxygen atoms in total. The van der Waals surface area contributed by atoms with Gasteiger partial charge < -0.3 is 4.74 Å². The van der Waals surface area contributed by atoms with Gasteiger partial charge in [0.05, 0.1) is 6.04 Å². The molecule has 106 valence electrons. The fourth-order valence-corrected chi connectivity index (χ4v) is 2.44. The highest BCUT2D eigenvalue weighted by Gasteiger charge is 2.25. The van der Waals surface area contributed by atoms with Crippen molar-refractivity contribution >= 4 is 11.6 Å². The first-order chi connectivity index (χ1) is 9.67. The first kappa shape index (κ1) is 14.9. The summed E-state index contributed by atoms with van der Waals surface area (Å²) in [5, 5.41) is 0.437. The highest BCUT2D eigenvalue weighted by Crippen LogP contribution is 2.34. The lowest BCUT2D eigenvalue weighted by Crippen LogP contribution is -2.33. The van der Waals surface area contributed by atoms with Crippen molar-refractivity contribution in [3.8, 4) is 0 Å². The summed E-state index contributed by atoms with van der Waals surface area (Å²) in [7, 11) is 1.58. The van der Waals surface area contributed by atoms with Gasteiger partial charge in [-0.15, -0.1) is 0 Å². The Morgan fingerprint density at radius 1 is 1.20 bits per heavy atom. The molecule has 0 spiro atoms. The van der Waals surface area contributed by atoms with Gasteiger partial charge in [-0.25, -0.2) is 9.82 Å². The van der Waals surface area contributed by atoms with Crippen LogP contribution in [0.3, 0.4) is 0 Å². The molecule has 2 aromatic rings. The number of ether oxygens (including phenoxy) is 1. The van der Waals surface area contributed by atoms with Crippen LogP contribution in [0.5, 0.6) is 0 Å². The van der Waals surface area contributed by atoms with E-state index < -0.39 is 6.04 Å². The number of hydrogen-bond acceptors (Lipinski definition) is 3. The second-order valence-electron chi connectivity index (χ2n) is 4.38. The van der Waals surface area contributed by atoms with E-state index in [4.69, 9.17) is 22.2 Å². The third-order valence-corrected chi connectivity index (χ3v) is 3.50. The van der Waals surface area contributed by atoms with Crippen LogP contribution in [0.2, 0.25) is 5.02 Å². The zero-order valence-corrected chi connectivity index (χ0v) is 11.8. The van der Waals surface area contributed by atoms with E-state index >= 15 is 0 Å². The number of hydrogen-bond donors (Lipinski definition) is 2. The summed E-state index contributed by atoms with van der Waals surface area (Å²) in [5.41, 5.74) is 4.15. The van der Waals surface area contributed by atoms with E-state index in [1.165, 1.54) is 18.2 Å². The van der Waals surface area contributed by atoms with Crippen molar-refractivity contribution in [3.63, 3.8) is 0 Å². The van der Waals surface area contributed by atoms with Crippen LogP contribution in [-0.2, 0) is 4.74 Å². The van der Waals surface area contributed by atoms with Gasteiger partial charge in [-0.2, -0.15) is 0 Å². The fourth-order valence-electron chi connectivity index (χ4n) is 2.20. The fraction of sp³-hybridized carbons (Fsp3) is 0.200. The Kier molecular flexibility index (Phi) is 5.09. The number of benzene rings is 2. The van der Waals surface area contributed by atoms with E-state index in [2.05, 4.69) is 5.43 Å². The van der Waals surface area contributed by atoms with Crippen molar-refractivity contribution in [1.29, 1.82) is 0 Å². The Bertz CT molecular complexity index is 565. The van der Waals surface area contributed by atoms with Crippen LogP contribution < -0.4 is 11.3 Å². The van der Waals surface area contributed by atoms with Crippen molar-refractivity contribution in [3.05, 3.63) is 70.5 Å². The SMILES string of the molecule is COC(c1ccccc1)C(NN)c1cc(F)ccc1Cl. The molecular weight excluding hydrogens is 279 g/mol. The number of hydrazine groups is 1. The lowest BCUT2D eigenvalue weighted by Gasteiger charge is -2.27. The molecule has 0 radical (unpaired) electrons. The predicted octanol–water partition coefficient (Wildman–Crippen LogP) is 3.37. The van der Waals surface area contributed by atoms with Gasteiger partial charge in [-0.05, 0) is 29.3 Å². The van der Waals surface area contributed by atoms with Gasteiger partial charge in [0, 0.05) is 12.1 Å². The van der Waals surface area contributed by atoms with Crippen LogP contribution in [0.25, 0.3) is 0 Å². The van der Waals surface area contributed by atoms with Crippen LogP contribution in [0.4, 0.5) is 4.39 Å². The number of nitrogens with two attached hydrogens (primary N) is 1. The Hall–Kier alpha value is -1.46. The molecule has 0 aliphatic rings.